The van der Waals surface area contributed by atoms with Crippen LogP contribution in [0, 0.1) is 5.92 Å². The molecule has 1 aliphatic rings. The minimum Gasteiger partial charge on any atom is -0.508 e. The Balaban J connectivity index is 0.000000271. The summed E-state index contributed by atoms with van der Waals surface area (Å²) in [4.78, 5) is 16.2. The molecule has 1 saturated heterocycles. The molecule has 4 atom stereocenters. The first-order valence-electron chi connectivity index (χ1n) is 12.5. The van der Waals surface area contributed by atoms with Crippen LogP contribution < -0.4 is 5.01 Å². The van der Waals surface area contributed by atoms with Crippen LogP contribution in [0.3, 0.4) is 0 Å². The van der Waals surface area contributed by atoms with E-state index in [0.717, 1.165) is 18.7 Å². The Labute approximate surface area is 222 Å². The zero-order valence-corrected chi connectivity index (χ0v) is 23.8. The molecule has 206 valence electrons. The minimum atomic E-state index is -4.17. The van der Waals surface area contributed by atoms with E-state index in [2.05, 4.69) is 38.9 Å². The van der Waals surface area contributed by atoms with Crippen LogP contribution in [0.2, 0.25) is 0 Å². The standard InChI is InChI=1S/C14H23NO.C13H19N3O4S/c1-5-14(11(2)10-15(3)4)12-7-6-8-13(16)9-12;1-10-12(14(2)9-21(18,19)20)13(17)16(15(10)3)11-7-5-4-6-8-11/h6-9,11,14,16H,5,10H2,1-4H3;4-8,10,12H,9H2,1-3H3,(H,18,19,20). The van der Waals surface area contributed by atoms with Gasteiger partial charge >= 0.3 is 0 Å². The summed E-state index contributed by atoms with van der Waals surface area (Å²) >= 11 is 0. The van der Waals surface area contributed by atoms with Gasteiger partial charge in [0, 0.05) is 13.6 Å². The average Bonchev–Trinajstić information content (AvgIpc) is 3.02. The van der Waals surface area contributed by atoms with Gasteiger partial charge in [-0.3, -0.25) is 14.2 Å². The molecule has 0 bridgehead atoms. The van der Waals surface area contributed by atoms with Gasteiger partial charge in [-0.25, -0.2) is 10.0 Å². The molecule has 2 aromatic carbocycles. The lowest BCUT2D eigenvalue weighted by Gasteiger charge is -2.26. The fraction of sp³-hybridized carbons (Fsp3) is 0.519. The number of carbonyl (C=O) groups is 1. The molecule has 3 rings (SSSR count). The molecule has 1 aliphatic heterocycles. The van der Waals surface area contributed by atoms with Crippen molar-refractivity contribution in [2.24, 2.45) is 5.92 Å². The highest BCUT2D eigenvalue weighted by Gasteiger charge is 2.45. The van der Waals surface area contributed by atoms with Crippen molar-refractivity contribution < 1.29 is 22.9 Å². The Morgan fingerprint density at radius 2 is 1.68 bits per heavy atom. The number of hydrogen-bond donors (Lipinski definition) is 2. The Morgan fingerprint density at radius 3 is 2.19 bits per heavy atom. The zero-order valence-electron chi connectivity index (χ0n) is 22.9. The van der Waals surface area contributed by atoms with Crippen molar-refractivity contribution in [1.29, 1.82) is 0 Å². The number of aromatic hydroxyl groups is 1. The third kappa shape index (κ3) is 8.51. The van der Waals surface area contributed by atoms with Gasteiger partial charge in [0.15, 0.2) is 0 Å². The highest BCUT2D eigenvalue weighted by Crippen LogP contribution is 2.30. The minimum absolute atomic E-state index is 0.218. The number of hydrazine groups is 1. The molecule has 1 fully saturated rings. The van der Waals surface area contributed by atoms with Crippen molar-refractivity contribution in [2.75, 3.05) is 45.6 Å². The molecule has 4 unspecified atom stereocenters. The average molecular weight is 535 g/mol. The molecular formula is C27H42N4O5S. The first-order chi connectivity index (χ1) is 17.3. The Kier molecular flexibility index (Phi) is 11.1. The molecule has 2 N–H and O–H groups in total. The molecular weight excluding hydrogens is 492 g/mol. The van der Waals surface area contributed by atoms with Gasteiger partial charge in [-0.1, -0.05) is 44.2 Å². The molecule has 9 nitrogen and oxygen atoms in total. The number of hydrogen-bond acceptors (Lipinski definition) is 7. The van der Waals surface area contributed by atoms with Crippen LogP contribution >= 0.6 is 0 Å². The second kappa shape index (κ2) is 13.3. The van der Waals surface area contributed by atoms with Crippen molar-refractivity contribution in [3.63, 3.8) is 0 Å². The fourth-order valence-electron chi connectivity index (χ4n) is 5.07. The van der Waals surface area contributed by atoms with Crippen LogP contribution in [0.15, 0.2) is 54.6 Å². The summed E-state index contributed by atoms with van der Waals surface area (Å²) in [5.74, 6) is 0.691. The monoisotopic (exact) mass is 534 g/mol. The van der Waals surface area contributed by atoms with E-state index in [1.54, 1.807) is 18.1 Å². The van der Waals surface area contributed by atoms with Crippen molar-refractivity contribution in [3.05, 3.63) is 60.2 Å². The lowest BCUT2D eigenvalue weighted by molar-refractivity contribution is -0.121. The third-order valence-corrected chi connectivity index (χ3v) is 7.48. The van der Waals surface area contributed by atoms with E-state index in [-0.39, 0.29) is 11.9 Å². The third-order valence-electron chi connectivity index (χ3n) is 6.74. The van der Waals surface area contributed by atoms with Gasteiger partial charge in [0.25, 0.3) is 16.0 Å². The van der Waals surface area contributed by atoms with Gasteiger partial charge in [0.05, 0.1) is 11.7 Å². The van der Waals surface area contributed by atoms with Crippen molar-refractivity contribution in [2.45, 2.75) is 45.2 Å². The summed E-state index contributed by atoms with van der Waals surface area (Å²) in [6, 6.07) is 15.9. The van der Waals surface area contributed by atoms with E-state index < -0.39 is 22.0 Å². The highest BCUT2D eigenvalue weighted by atomic mass is 32.2. The number of phenolic OH excluding ortho intramolecular Hbond substituents is 1. The van der Waals surface area contributed by atoms with Gasteiger partial charge in [-0.15, -0.1) is 0 Å². The van der Waals surface area contributed by atoms with Crippen LogP contribution in [-0.2, 0) is 14.9 Å². The predicted octanol–water partition coefficient (Wildman–Crippen LogP) is 3.50. The molecule has 0 radical (unpaired) electrons. The molecule has 0 aromatic heterocycles. The first kappa shape index (κ1) is 30.7. The van der Waals surface area contributed by atoms with Gasteiger partial charge in [0.2, 0.25) is 0 Å². The number of benzene rings is 2. The van der Waals surface area contributed by atoms with E-state index in [0.29, 0.717) is 17.6 Å². The number of phenols is 1. The van der Waals surface area contributed by atoms with Gasteiger partial charge < -0.3 is 10.0 Å². The van der Waals surface area contributed by atoms with Gasteiger partial charge in [0.1, 0.15) is 17.7 Å². The number of para-hydroxylation sites is 1. The molecule has 0 spiro atoms. The van der Waals surface area contributed by atoms with Crippen LogP contribution in [0.25, 0.3) is 0 Å². The van der Waals surface area contributed by atoms with Crippen molar-refractivity contribution >= 4 is 21.7 Å². The molecule has 2 aromatic rings. The van der Waals surface area contributed by atoms with Crippen LogP contribution in [0.1, 0.15) is 38.7 Å². The van der Waals surface area contributed by atoms with Crippen molar-refractivity contribution in [3.8, 4) is 5.75 Å². The van der Waals surface area contributed by atoms with Crippen LogP contribution in [0.4, 0.5) is 5.69 Å². The molecule has 0 saturated carbocycles. The summed E-state index contributed by atoms with van der Waals surface area (Å²) in [6.07, 6.45) is 1.11. The molecule has 1 heterocycles. The normalized spacial score (nSPS) is 20.2. The lowest BCUT2D eigenvalue weighted by atomic mass is 9.85. The summed E-state index contributed by atoms with van der Waals surface area (Å²) in [6.45, 7) is 7.40. The lowest BCUT2D eigenvalue weighted by Crippen LogP contribution is -2.45. The molecule has 0 aliphatic carbocycles. The smallest absolute Gasteiger partial charge is 0.278 e. The van der Waals surface area contributed by atoms with E-state index in [9.17, 15) is 18.3 Å². The van der Waals surface area contributed by atoms with E-state index >= 15 is 0 Å². The summed E-state index contributed by atoms with van der Waals surface area (Å²) in [5, 5.41) is 12.8. The Morgan fingerprint density at radius 1 is 1.05 bits per heavy atom. The summed E-state index contributed by atoms with van der Waals surface area (Å²) in [7, 11) is 3.32. The Hall–Kier alpha value is -2.50. The maximum Gasteiger partial charge on any atom is 0.278 e. The zero-order chi connectivity index (χ0) is 27.9. The SMILES string of the molecule is CC1C(N(C)CS(=O)(=O)O)C(=O)N(c2ccccc2)N1C.CCC(c1cccc(O)c1)C(C)CN(C)C. The molecule has 10 heteroatoms. The van der Waals surface area contributed by atoms with E-state index in [1.807, 2.05) is 49.4 Å². The maximum atomic E-state index is 12.6. The van der Waals surface area contributed by atoms with Gasteiger partial charge in [-0.05, 0) is 76.2 Å². The first-order valence-corrected chi connectivity index (χ1v) is 14.1. The number of carbonyl (C=O) groups excluding carboxylic acids is 1. The topological polar surface area (TPSA) is 105 Å². The van der Waals surface area contributed by atoms with Crippen LogP contribution in [-0.4, -0.2) is 91.5 Å². The quantitative estimate of drug-likeness (QED) is 0.471. The second-order valence-electron chi connectivity index (χ2n) is 10.1. The molecule has 1 amide bonds. The summed E-state index contributed by atoms with van der Waals surface area (Å²) in [5.41, 5.74) is 1.97. The Bertz CT molecular complexity index is 1110. The maximum absolute atomic E-state index is 12.6. The summed E-state index contributed by atoms with van der Waals surface area (Å²) < 4.78 is 31.0. The van der Waals surface area contributed by atoms with Crippen molar-refractivity contribution in [1.82, 2.24) is 14.8 Å². The second-order valence-corrected chi connectivity index (χ2v) is 11.5. The van der Waals surface area contributed by atoms with E-state index in [1.165, 1.54) is 22.5 Å². The number of nitrogens with zero attached hydrogens (tertiary/aromatic N) is 4. The fourth-order valence-corrected chi connectivity index (χ4v) is 5.75. The van der Waals surface area contributed by atoms with E-state index in [4.69, 9.17) is 4.55 Å². The number of rotatable bonds is 9. The predicted molar refractivity (Wildman–Crippen MR) is 148 cm³/mol. The number of amides is 1. The largest absolute Gasteiger partial charge is 0.508 e. The highest BCUT2D eigenvalue weighted by molar-refractivity contribution is 7.85. The number of likely N-dealkylation sites (N-methyl/N-ethyl adjacent to an activating group) is 2. The van der Waals surface area contributed by atoms with Gasteiger partial charge in [-0.2, -0.15) is 8.42 Å². The molecule has 37 heavy (non-hydrogen) atoms. The number of anilines is 1. The van der Waals surface area contributed by atoms with Crippen LogP contribution in [0.5, 0.6) is 5.75 Å².